The number of amidine groups is 1. The zero-order chi connectivity index (χ0) is 13.0. The summed E-state index contributed by atoms with van der Waals surface area (Å²) in [6.07, 6.45) is 3.57. The van der Waals surface area contributed by atoms with E-state index in [1.54, 1.807) is 12.3 Å². The zero-order valence-electron chi connectivity index (χ0n) is 10.1. The topological polar surface area (TPSA) is 104 Å². The smallest absolute Gasteiger partial charge is 0.237 e. The van der Waals surface area contributed by atoms with Crippen molar-refractivity contribution in [3.8, 4) is 0 Å². The molecule has 1 saturated heterocycles. The first-order valence-corrected chi connectivity index (χ1v) is 5.97. The molecule has 1 atom stereocenters. The van der Waals surface area contributed by atoms with E-state index in [2.05, 4.69) is 15.6 Å². The molecule has 0 spiro atoms. The van der Waals surface area contributed by atoms with E-state index in [-0.39, 0.29) is 17.8 Å². The molecule has 0 aliphatic carbocycles. The van der Waals surface area contributed by atoms with Crippen molar-refractivity contribution in [2.45, 2.75) is 25.4 Å². The first-order chi connectivity index (χ1) is 8.66. The lowest BCUT2D eigenvalue weighted by atomic mass is 10.2. The third kappa shape index (κ3) is 3.04. The van der Waals surface area contributed by atoms with Crippen LogP contribution in [0.1, 0.15) is 24.1 Å². The molecule has 1 aliphatic heterocycles. The van der Waals surface area contributed by atoms with Gasteiger partial charge in [0.1, 0.15) is 11.5 Å². The van der Waals surface area contributed by atoms with Gasteiger partial charge in [-0.25, -0.2) is 0 Å². The van der Waals surface area contributed by atoms with Crippen LogP contribution >= 0.6 is 0 Å². The number of carbonyl (C=O) groups is 1. The minimum Gasteiger partial charge on any atom is -0.382 e. The van der Waals surface area contributed by atoms with Crippen molar-refractivity contribution in [2.24, 2.45) is 5.73 Å². The highest BCUT2D eigenvalue weighted by Crippen LogP contribution is 2.05. The molecule has 2 heterocycles. The number of nitrogens with zero attached hydrogens (tertiary/aromatic N) is 1. The van der Waals surface area contributed by atoms with Gasteiger partial charge in [0.2, 0.25) is 5.91 Å². The summed E-state index contributed by atoms with van der Waals surface area (Å²) in [7, 11) is 0. The van der Waals surface area contributed by atoms with Crippen molar-refractivity contribution >= 4 is 11.7 Å². The van der Waals surface area contributed by atoms with Gasteiger partial charge in [0.15, 0.2) is 0 Å². The summed E-state index contributed by atoms with van der Waals surface area (Å²) >= 11 is 0. The minimum absolute atomic E-state index is 0.0307. The molecule has 0 bridgehead atoms. The van der Waals surface area contributed by atoms with Gasteiger partial charge < -0.3 is 16.4 Å². The number of nitrogen functional groups attached to an aromatic ring is 1. The second-order valence-electron chi connectivity index (χ2n) is 4.33. The van der Waals surface area contributed by atoms with E-state index < -0.39 is 0 Å². The van der Waals surface area contributed by atoms with Crippen LogP contribution in [0.5, 0.6) is 0 Å². The van der Waals surface area contributed by atoms with Gasteiger partial charge in [-0.3, -0.25) is 15.2 Å². The third-order valence-corrected chi connectivity index (χ3v) is 2.94. The molecule has 0 aromatic carbocycles. The Balaban J connectivity index is 1.86. The summed E-state index contributed by atoms with van der Waals surface area (Å²) in [5.74, 6) is -0.0242. The van der Waals surface area contributed by atoms with E-state index in [9.17, 15) is 4.79 Å². The van der Waals surface area contributed by atoms with E-state index in [1.807, 2.05) is 6.07 Å². The predicted octanol–water partition coefficient (Wildman–Crippen LogP) is -0.266. The maximum Gasteiger partial charge on any atom is 0.237 e. The number of carbonyl (C=O) groups excluding carboxylic acids is 1. The quantitative estimate of drug-likeness (QED) is 0.434. The molecule has 96 valence electrons. The van der Waals surface area contributed by atoms with Crippen LogP contribution < -0.4 is 16.4 Å². The van der Waals surface area contributed by atoms with Crippen molar-refractivity contribution in [3.63, 3.8) is 0 Å². The van der Waals surface area contributed by atoms with Crippen molar-refractivity contribution in [1.29, 1.82) is 5.41 Å². The first-order valence-electron chi connectivity index (χ1n) is 5.97. The maximum absolute atomic E-state index is 11.7. The third-order valence-electron chi connectivity index (χ3n) is 2.94. The van der Waals surface area contributed by atoms with Crippen LogP contribution in [0.4, 0.5) is 0 Å². The highest BCUT2D eigenvalue weighted by molar-refractivity contribution is 5.92. The number of hydrogen-bond acceptors (Lipinski definition) is 4. The number of rotatable bonds is 4. The Hall–Kier alpha value is -1.95. The summed E-state index contributed by atoms with van der Waals surface area (Å²) in [6.45, 7) is 1.36. The monoisotopic (exact) mass is 247 g/mol. The van der Waals surface area contributed by atoms with E-state index in [1.165, 1.54) is 0 Å². The van der Waals surface area contributed by atoms with Gasteiger partial charge in [0, 0.05) is 12.7 Å². The summed E-state index contributed by atoms with van der Waals surface area (Å²) < 4.78 is 0. The normalized spacial score (nSPS) is 18.6. The van der Waals surface area contributed by atoms with Crippen molar-refractivity contribution in [1.82, 2.24) is 15.6 Å². The van der Waals surface area contributed by atoms with E-state index in [0.717, 1.165) is 24.9 Å². The van der Waals surface area contributed by atoms with Crippen LogP contribution in [-0.2, 0) is 11.3 Å². The maximum atomic E-state index is 11.7. The molecule has 6 heteroatoms. The number of pyridine rings is 1. The SMILES string of the molecule is N=C(N)c1ccc(CNC(=O)[C@@H]2CCCN2)cn1. The Morgan fingerprint density at radius 2 is 2.44 bits per heavy atom. The van der Waals surface area contributed by atoms with Crippen molar-refractivity contribution in [2.75, 3.05) is 6.54 Å². The van der Waals surface area contributed by atoms with Crippen molar-refractivity contribution in [3.05, 3.63) is 29.6 Å². The number of hydrogen-bond donors (Lipinski definition) is 4. The molecule has 1 aromatic rings. The Kier molecular flexibility index (Phi) is 3.88. The van der Waals surface area contributed by atoms with Crippen LogP contribution in [0.3, 0.4) is 0 Å². The van der Waals surface area contributed by atoms with Crippen LogP contribution in [0.25, 0.3) is 0 Å². The summed E-state index contributed by atoms with van der Waals surface area (Å²) in [4.78, 5) is 15.8. The lowest BCUT2D eigenvalue weighted by molar-refractivity contribution is -0.122. The molecule has 18 heavy (non-hydrogen) atoms. The lowest BCUT2D eigenvalue weighted by Gasteiger charge is -2.11. The van der Waals surface area contributed by atoms with E-state index >= 15 is 0 Å². The fourth-order valence-corrected chi connectivity index (χ4v) is 1.91. The molecule has 5 N–H and O–H groups in total. The van der Waals surface area contributed by atoms with Gasteiger partial charge >= 0.3 is 0 Å². The summed E-state index contributed by atoms with van der Waals surface area (Å²) in [5, 5.41) is 13.2. The molecule has 1 aromatic heterocycles. The lowest BCUT2D eigenvalue weighted by Crippen LogP contribution is -2.40. The average Bonchev–Trinajstić information content (AvgIpc) is 2.90. The highest BCUT2D eigenvalue weighted by Gasteiger charge is 2.21. The molecule has 0 radical (unpaired) electrons. The highest BCUT2D eigenvalue weighted by atomic mass is 16.2. The molecule has 0 unspecified atom stereocenters. The number of nitrogens with two attached hydrogens (primary N) is 1. The number of aromatic nitrogens is 1. The predicted molar refractivity (Wildman–Crippen MR) is 68.1 cm³/mol. The van der Waals surface area contributed by atoms with Gasteiger partial charge in [-0.2, -0.15) is 0 Å². The van der Waals surface area contributed by atoms with Gasteiger partial charge in [-0.15, -0.1) is 0 Å². The molecule has 2 rings (SSSR count). The summed E-state index contributed by atoms with van der Waals surface area (Å²) in [5.41, 5.74) is 6.65. The van der Waals surface area contributed by atoms with E-state index in [4.69, 9.17) is 11.1 Å². The first kappa shape index (κ1) is 12.5. The standard InChI is InChI=1S/C12H17N5O/c13-11(14)9-4-3-8(6-16-9)7-17-12(18)10-2-1-5-15-10/h3-4,6,10,15H,1-2,5,7H2,(H3,13,14)(H,17,18)/t10-/m0/s1. The molecule has 0 saturated carbocycles. The number of nitrogens with one attached hydrogen (secondary N) is 3. The average molecular weight is 247 g/mol. The Morgan fingerprint density at radius 3 is 3.00 bits per heavy atom. The van der Waals surface area contributed by atoms with Crippen LogP contribution in [0, 0.1) is 5.41 Å². The van der Waals surface area contributed by atoms with Crippen LogP contribution in [0.15, 0.2) is 18.3 Å². The Morgan fingerprint density at radius 1 is 1.61 bits per heavy atom. The summed E-state index contributed by atoms with van der Waals surface area (Å²) in [6, 6.07) is 3.43. The minimum atomic E-state index is -0.0607. The Labute approximate surface area is 105 Å². The second kappa shape index (κ2) is 5.59. The van der Waals surface area contributed by atoms with Crippen LogP contribution in [-0.4, -0.2) is 29.3 Å². The molecular formula is C12H17N5O. The largest absolute Gasteiger partial charge is 0.382 e. The Bertz CT molecular complexity index is 436. The fourth-order valence-electron chi connectivity index (χ4n) is 1.91. The second-order valence-corrected chi connectivity index (χ2v) is 4.33. The van der Waals surface area contributed by atoms with Crippen molar-refractivity contribution < 1.29 is 4.79 Å². The van der Waals surface area contributed by atoms with Gasteiger partial charge in [0.25, 0.3) is 0 Å². The van der Waals surface area contributed by atoms with Crippen LogP contribution in [0.2, 0.25) is 0 Å². The fraction of sp³-hybridized carbons (Fsp3) is 0.417. The van der Waals surface area contributed by atoms with E-state index in [0.29, 0.717) is 12.2 Å². The molecule has 1 aliphatic rings. The van der Waals surface area contributed by atoms with Gasteiger partial charge in [0.05, 0.1) is 6.04 Å². The molecule has 1 amide bonds. The molecule has 1 fully saturated rings. The molecule has 6 nitrogen and oxygen atoms in total. The van der Waals surface area contributed by atoms with Gasteiger partial charge in [-0.1, -0.05) is 6.07 Å². The molecular weight excluding hydrogens is 230 g/mol. The van der Waals surface area contributed by atoms with Gasteiger partial charge in [-0.05, 0) is 31.0 Å². The zero-order valence-corrected chi connectivity index (χ0v) is 10.1. The number of amides is 1.